The van der Waals surface area contributed by atoms with Gasteiger partial charge in [0.2, 0.25) is 0 Å². The summed E-state index contributed by atoms with van der Waals surface area (Å²) in [5, 5.41) is 0. The van der Waals surface area contributed by atoms with Gasteiger partial charge in [-0.15, -0.1) is 0 Å². The fourth-order valence-corrected chi connectivity index (χ4v) is 18.7. The van der Waals surface area contributed by atoms with Crippen LogP contribution in [0.3, 0.4) is 0 Å². The highest BCUT2D eigenvalue weighted by molar-refractivity contribution is 7.59. The average Bonchev–Trinajstić information content (AvgIpc) is 3.14. The van der Waals surface area contributed by atoms with E-state index in [0.717, 1.165) is 0 Å². The van der Waals surface area contributed by atoms with Gasteiger partial charge in [0, 0.05) is 0 Å². The van der Waals surface area contributed by atoms with E-state index in [-0.39, 0.29) is 78.9 Å². The number of unbranched alkanes of at least 4 members (excludes halogenated alkanes) is 2. The molecule has 5 unspecified atom stereocenters. The van der Waals surface area contributed by atoms with Gasteiger partial charge in [0.1, 0.15) is 0 Å². The molecule has 0 spiro atoms. The highest BCUT2D eigenvalue weighted by Crippen LogP contribution is 2.67. The minimum Gasteiger partial charge on any atom is -0.309 e. The van der Waals surface area contributed by atoms with E-state index in [9.17, 15) is 22.8 Å². The molecule has 0 amide bonds. The lowest BCUT2D eigenvalue weighted by molar-refractivity contribution is 0.189. The molecular formula is C37H81O15P5. The van der Waals surface area contributed by atoms with Crippen molar-refractivity contribution >= 4 is 38.0 Å². The highest BCUT2D eigenvalue weighted by atomic mass is 31.2. The van der Waals surface area contributed by atoms with Gasteiger partial charge in [-0.3, -0.25) is 22.8 Å². The van der Waals surface area contributed by atoms with Gasteiger partial charge in [-0.05, 0) is 114 Å². The monoisotopic (exact) mass is 920 g/mol. The van der Waals surface area contributed by atoms with Crippen molar-refractivity contribution in [1.29, 1.82) is 0 Å². The van der Waals surface area contributed by atoms with Crippen molar-refractivity contribution in [2.75, 3.05) is 66.1 Å². The third-order valence-electron chi connectivity index (χ3n) is 9.49. The van der Waals surface area contributed by atoms with E-state index in [2.05, 4.69) is 0 Å². The lowest BCUT2D eigenvalue weighted by Crippen LogP contribution is -2.31. The van der Waals surface area contributed by atoms with E-state index in [1.807, 2.05) is 13.8 Å². The molecule has 5 atom stereocenters. The zero-order chi connectivity index (χ0) is 43.6. The Hall–Kier alpha value is 0.750. The van der Waals surface area contributed by atoms with Crippen LogP contribution in [0.2, 0.25) is 0 Å². The van der Waals surface area contributed by atoms with Gasteiger partial charge in [-0.2, -0.15) is 0 Å². The largest absolute Gasteiger partial charge is 0.334 e. The van der Waals surface area contributed by atoms with Gasteiger partial charge in [0.15, 0.2) is 0 Å². The van der Waals surface area contributed by atoms with E-state index in [0.29, 0.717) is 51.4 Å². The number of rotatable bonds is 39. The third kappa shape index (κ3) is 18.9. The van der Waals surface area contributed by atoms with Crippen LogP contribution in [0.25, 0.3) is 0 Å². The minimum atomic E-state index is -3.88. The molecule has 0 fully saturated rings. The van der Waals surface area contributed by atoms with E-state index in [1.165, 1.54) is 0 Å². The smallest absolute Gasteiger partial charge is 0.309 e. The summed E-state index contributed by atoms with van der Waals surface area (Å²) in [6.45, 7) is 22.9. The molecule has 0 rings (SSSR count). The first-order valence-electron chi connectivity index (χ1n) is 21.5. The summed E-state index contributed by atoms with van der Waals surface area (Å²) < 4.78 is 129. The van der Waals surface area contributed by atoms with Gasteiger partial charge in [0.25, 0.3) is 0 Å². The van der Waals surface area contributed by atoms with Crippen molar-refractivity contribution in [2.45, 2.75) is 176 Å². The van der Waals surface area contributed by atoms with Crippen LogP contribution in [-0.2, 0) is 68.1 Å². The predicted molar refractivity (Wildman–Crippen MR) is 231 cm³/mol. The molecule has 0 saturated carbocycles. The van der Waals surface area contributed by atoms with Crippen LogP contribution >= 0.6 is 38.0 Å². The Kier molecular flexibility index (Phi) is 31.1. The normalized spacial score (nSPS) is 16.1. The molecule has 344 valence electrons. The number of hydrogen-bond acceptors (Lipinski definition) is 15. The fraction of sp³-hybridized carbons (Fsp3) is 1.00. The molecule has 57 heavy (non-hydrogen) atoms. The molecular weight excluding hydrogens is 839 g/mol. The van der Waals surface area contributed by atoms with E-state index >= 15 is 0 Å². The first-order chi connectivity index (χ1) is 27.0. The highest BCUT2D eigenvalue weighted by Gasteiger charge is 2.50. The lowest BCUT2D eigenvalue weighted by Gasteiger charge is -2.36. The van der Waals surface area contributed by atoms with Gasteiger partial charge >= 0.3 is 38.0 Å². The third-order valence-corrected chi connectivity index (χ3v) is 23.0. The molecule has 0 bridgehead atoms. The summed E-state index contributed by atoms with van der Waals surface area (Å²) in [5.41, 5.74) is -3.16. The second-order valence-electron chi connectivity index (χ2n) is 13.4. The number of hydrogen-bond donors (Lipinski definition) is 0. The first kappa shape index (κ1) is 57.8. The molecule has 0 aliphatic rings. The quantitative estimate of drug-likeness (QED) is 0.0420. The molecule has 15 nitrogen and oxygen atoms in total. The second kappa shape index (κ2) is 30.7. The van der Waals surface area contributed by atoms with Crippen molar-refractivity contribution < 1.29 is 68.1 Å². The molecule has 0 aromatic heterocycles. The van der Waals surface area contributed by atoms with Crippen molar-refractivity contribution in [2.24, 2.45) is 0 Å². The molecule has 0 aliphatic carbocycles. The summed E-state index contributed by atoms with van der Waals surface area (Å²) in [5.74, 6) is 0. The average molecular weight is 921 g/mol. The molecule has 0 saturated heterocycles. The Bertz CT molecular complexity index is 1240. The zero-order valence-electron chi connectivity index (χ0n) is 37.4. The Morgan fingerprint density at radius 3 is 0.912 bits per heavy atom. The maximum Gasteiger partial charge on any atom is 0.334 e. The summed E-state index contributed by atoms with van der Waals surface area (Å²) in [6.07, 6.45) is 4.56. The molecule has 0 heterocycles. The Labute approximate surface area is 346 Å². The van der Waals surface area contributed by atoms with Crippen LogP contribution < -0.4 is 0 Å². The minimum absolute atomic E-state index is 0.107. The van der Waals surface area contributed by atoms with Crippen LogP contribution in [0.5, 0.6) is 0 Å². The van der Waals surface area contributed by atoms with Crippen molar-refractivity contribution in [1.82, 2.24) is 0 Å². The first-order valence-corrected chi connectivity index (χ1v) is 29.5. The van der Waals surface area contributed by atoms with E-state index in [1.54, 1.807) is 69.2 Å². The lowest BCUT2D eigenvalue weighted by atomic mass is 10.0. The van der Waals surface area contributed by atoms with Crippen LogP contribution in [0.4, 0.5) is 0 Å². The van der Waals surface area contributed by atoms with E-state index in [4.69, 9.17) is 45.2 Å². The second-order valence-corrected chi connectivity index (χ2v) is 25.0. The van der Waals surface area contributed by atoms with Crippen molar-refractivity contribution in [3.8, 4) is 0 Å². The molecule has 20 heteroatoms. The van der Waals surface area contributed by atoms with E-state index < -0.39 is 66.3 Å². The fourth-order valence-electron chi connectivity index (χ4n) is 7.13. The molecule has 0 N–H and O–H groups in total. The summed E-state index contributed by atoms with van der Waals surface area (Å²) in [4.78, 5) is 0. The summed E-state index contributed by atoms with van der Waals surface area (Å²) in [7, 11) is -18.2. The Morgan fingerprint density at radius 1 is 0.316 bits per heavy atom. The molecule has 0 aromatic rings. The van der Waals surface area contributed by atoms with Gasteiger partial charge in [-0.1, -0.05) is 33.1 Å². The Morgan fingerprint density at radius 2 is 0.596 bits per heavy atom. The maximum absolute atomic E-state index is 14.6. The standard InChI is InChI=1S/C37H81O15P5/c1-13-36(56(41,49-20-8)50-21-9)37(57(42,51-22-10)52-23-11)32-31-35(55(40,47-18-6)48-19-7)28-26-24-25-27-34(54(39,45-16-4)46-17-5)30-29-33(12)53(38,43-14-2)44-15-3/h33-37H,13-32H2,1-12H3. The van der Waals surface area contributed by atoms with Crippen molar-refractivity contribution in [3.05, 3.63) is 0 Å². The maximum atomic E-state index is 14.6. The Balaban J connectivity index is 6.54. The molecule has 0 radical (unpaired) electrons. The summed E-state index contributed by atoms with van der Waals surface area (Å²) >= 11 is 0. The van der Waals surface area contributed by atoms with Crippen LogP contribution in [0.15, 0.2) is 0 Å². The van der Waals surface area contributed by atoms with Gasteiger partial charge in [-0.25, -0.2) is 0 Å². The molecule has 0 aliphatic heterocycles. The molecule has 0 aromatic carbocycles. The van der Waals surface area contributed by atoms with Crippen LogP contribution in [0.1, 0.15) is 147 Å². The SMILES string of the molecule is CCOP(=O)(OCC)C(C)CCC(CCCCCC(CCC(C(CC)P(=O)(OCC)OCC)P(=O)(OCC)OCC)P(=O)(OCC)OCC)P(=O)(OCC)OCC. The van der Waals surface area contributed by atoms with Crippen LogP contribution in [0, 0.1) is 0 Å². The predicted octanol–water partition coefficient (Wildman–Crippen LogP) is 13.1. The van der Waals surface area contributed by atoms with Gasteiger partial charge in [0.05, 0.1) is 94.4 Å². The van der Waals surface area contributed by atoms with Gasteiger partial charge < -0.3 is 45.2 Å². The zero-order valence-corrected chi connectivity index (χ0v) is 41.9. The van der Waals surface area contributed by atoms with Crippen LogP contribution in [-0.4, -0.2) is 94.4 Å². The summed E-state index contributed by atoms with van der Waals surface area (Å²) in [6, 6.07) is 0. The van der Waals surface area contributed by atoms with Crippen molar-refractivity contribution in [3.63, 3.8) is 0 Å². The topological polar surface area (TPSA) is 178 Å².